The molecule has 4 nitrogen and oxygen atoms in total. The van der Waals surface area contributed by atoms with Crippen molar-refractivity contribution in [3.8, 4) is 0 Å². The highest BCUT2D eigenvalue weighted by molar-refractivity contribution is 7.91. The lowest BCUT2D eigenvalue weighted by Gasteiger charge is -2.45. The van der Waals surface area contributed by atoms with Crippen LogP contribution in [0.1, 0.15) is 12.8 Å². The predicted octanol–water partition coefficient (Wildman–Crippen LogP) is -0.0534. The molecule has 4 N–H and O–H groups in total. The van der Waals surface area contributed by atoms with Crippen LogP contribution in [0.5, 0.6) is 0 Å². The zero-order chi connectivity index (χ0) is 7.95. The third-order valence-corrected chi connectivity index (χ3v) is 4.54. The van der Waals surface area contributed by atoms with Crippen molar-refractivity contribution in [2.45, 2.75) is 12.8 Å². The Morgan fingerprint density at radius 3 is 1.92 bits per heavy atom. The van der Waals surface area contributed by atoms with Crippen molar-refractivity contribution in [2.75, 3.05) is 24.6 Å². The average molecular weight is 192 g/mol. The van der Waals surface area contributed by atoms with E-state index in [1.165, 1.54) is 0 Å². The van der Waals surface area contributed by atoms with Gasteiger partial charge in [0.05, 0.1) is 11.5 Å². The highest BCUT2D eigenvalue weighted by atomic mass is 32.2. The van der Waals surface area contributed by atoms with Crippen molar-refractivity contribution in [1.82, 2.24) is 11.5 Å². The largest absolute Gasteiger partial charge is 0.344 e. The SMILES string of the molecule is N.O=S1(=O)CCC2(CC1)CNC2. The molecule has 2 heterocycles. The summed E-state index contributed by atoms with van der Waals surface area (Å²) in [5, 5.41) is 3.20. The molecule has 2 rings (SSSR count). The Morgan fingerprint density at radius 1 is 1.08 bits per heavy atom. The Morgan fingerprint density at radius 2 is 1.58 bits per heavy atom. The second kappa shape index (κ2) is 2.97. The first-order valence-corrected chi connectivity index (χ1v) is 5.85. The number of hydrogen-bond donors (Lipinski definition) is 2. The average Bonchev–Trinajstić information content (AvgIpc) is 1.84. The quantitative estimate of drug-likeness (QED) is 0.563. The number of nitrogens with one attached hydrogen (secondary N) is 1. The summed E-state index contributed by atoms with van der Waals surface area (Å²) < 4.78 is 22.1. The van der Waals surface area contributed by atoms with E-state index in [9.17, 15) is 8.42 Å². The fourth-order valence-electron chi connectivity index (χ4n) is 1.80. The van der Waals surface area contributed by atoms with Crippen LogP contribution in [0.3, 0.4) is 0 Å². The topological polar surface area (TPSA) is 81.2 Å². The summed E-state index contributed by atoms with van der Waals surface area (Å²) in [6.07, 6.45) is 1.75. The summed E-state index contributed by atoms with van der Waals surface area (Å²) in [5.74, 6) is 0.823. The Bertz CT molecular complexity index is 241. The van der Waals surface area contributed by atoms with Crippen LogP contribution in [0, 0.1) is 5.41 Å². The van der Waals surface area contributed by atoms with Gasteiger partial charge in [-0.3, -0.25) is 0 Å². The van der Waals surface area contributed by atoms with Crippen LogP contribution < -0.4 is 11.5 Å². The molecule has 0 bridgehead atoms. The van der Waals surface area contributed by atoms with E-state index >= 15 is 0 Å². The van der Waals surface area contributed by atoms with Crippen molar-refractivity contribution in [3.05, 3.63) is 0 Å². The monoisotopic (exact) mass is 192 g/mol. The lowest BCUT2D eigenvalue weighted by molar-refractivity contribution is 0.150. The van der Waals surface area contributed by atoms with Crippen LogP contribution in [-0.2, 0) is 9.84 Å². The van der Waals surface area contributed by atoms with Crippen molar-refractivity contribution < 1.29 is 8.42 Å². The lowest BCUT2D eigenvalue weighted by atomic mass is 9.77. The summed E-state index contributed by atoms with van der Waals surface area (Å²) in [6.45, 7) is 2.06. The van der Waals surface area contributed by atoms with Crippen LogP contribution in [0.25, 0.3) is 0 Å². The van der Waals surface area contributed by atoms with E-state index in [1.54, 1.807) is 0 Å². The normalized spacial score (nSPS) is 30.3. The Hall–Kier alpha value is -0.130. The first-order valence-electron chi connectivity index (χ1n) is 4.03. The third-order valence-electron chi connectivity index (χ3n) is 2.89. The van der Waals surface area contributed by atoms with Gasteiger partial charge in [0.1, 0.15) is 9.84 Å². The molecule has 2 aliphatic rings. The van der Waals surface area contributed by atoms with E-state index in [-0.39, 0.29) is 6.15 Å². The molecular weight excluding hydrogens is 176 g/mol. The molecule has 2 fully saturated rings. The van der Waals surface area contributed by atoms with Gasteiger partial charge in [-0.1, -0.05) is 0 Å². The highest BCUT2D eigenvalue weighted by Crippen LogP contribution is 2.35. The number of hydrogen-bond acceptors (Lipinski definition) is 4. The summed E-state index contributed by atoms with van der Waals surface area (Å²) in [5.41, 5.74) is 0.366. The van der Waals surface area contributed by atoms with Gasteiger partial charge in [-0.2, -0.15) is 0 Å². The Kier molecular flexibility index (Phi) is 2.47. The number of sulfone groups is 1. The van der Waals surface area contributed by atoms with Crippen molar-refractivity contribution in [1.29, 1.82) is 0 Å². The van der Waals surface area contributed by atoms with Crippen LogP contribution in [0.15, 0.2) is 0 Å². The van der Waals surface area contributed by atoms with E-state index in [4.69, 9.17) is 0 Å². The third kappa shape index (κ3) is 1.62. The highest BCUT2D eigenvalue weighted by Gasteiger charge is 2.41. The van der Waals surface area contributed by atoms with E-state index in [0.29, 0.717) is 16.9 Å². The lowest BCUT2D eigenvalue weighted by Crippen LogP contribution is -2.56. The Labute approximate surface area is 73.2 Å². The minimum absolute atomic E-state index is 0. The molecule has 0 aromatic rings. The van der Waals surface area contributed by atoms with Gasteiger partial charge in [0.25, 0.3) is 0 Å². The van der Waals surface area contributed by atoms with E-state index in [0.717, 1.165) is 25.9 Å². The summed E-state index contributed by atoms with van der Waals surface area (Å²) in [4.78, 5) is 0. The summed E-state index contributed by atoms with van der Waals surface area (Å²) >= 11 is 0. The van der Waals surface area contributed by atoms with Gasteiger partial charge in [0, 0.05) is 13.1 Å². The molecule has 2 aliphatic heterocycles. The predicted molar refractivity (Wildman–Crippen MR) is 48.2 cm³/mol. The zero-order valence-electron chi connectivity index (χ0n) is 7.17. The van der Waals surface area contributed by atoms with Crippen LogP contribution in [-0.4, -0.2) is 33.0 Å². The molecule has 0 amide bonds. The molecule has 0 unspecified atom stereocenters. The number of rotatable bonds is 0. The minimum atomic E-state index is -2.66. The second-order valence-electron chi connectivity index (χ2n) is 3.76. The molecule has 5 heteroatoms. The molecule has 72 valence electrons. The molecule has 12 heavy (non-hydrogen) atoms. The fraction of sp³-hybridized carbons (Fsp3) is 1.00. The molecule has 0 aromatic carbocycles. The molecule has 1 spiro atoms. The van der Waals surface area contributed by atoms with Gasteiger partial charge in [0.15, 0.2) is 0 Å². The maximum Gasteiger partial charge on any atom is 0.150 e. The summed E-state index contributed by atoms with van der Waals surface area (Å²) in [7, 11) is -2.66. The van der Waals surface area contributed by atoms with Gasteiger partial charge < -0.3 is 11.5 Å². The maximum atomic E-state index is 11.1. The van der Waals surface area contributed by atoms with Crippen molar-refractivity contribution in [3.63, 3.8) is 0 Å². The van der Waals surface area contributed by atoms with Gasteiger partial charge in [-0.25, -0.2) is 8.42 Å². The standard InChI is InChI=1S/C7H13NO2S.H3N/c9-11(10)3-1-7(2-4-11)5-8-6-7;/h8H,1-6H2;1H3. The fourth-order valence-corrected chi connectivity index (χ4v) is 3.50. The first-order chi connectivity index (χ1) is 5.12. The molecule has 0 atom stereocenters. The second-order valence-corrected chi connectivity index (χ2v) is 6.06. The van der Waals surface area contributed by atoms with Gasteiger partial charge in [0.2, 0.25) is 0 Å². The van der Waals surface area contributed by atoms with Crippen LogP contribution in [0.2, 0.25) is 0 Å². The maximum absolute atomic E-state index is 11.1. The van der Waals surface area contributed by atoms with Gasteiger partial charge in [-0.15, -0.1) is 0 Å². The molecule has 0 saturated carbocycles. The van der Waals surface area contributed by atoms with E-state index in [1.807, 2.05) is 0 Å². The van der Waals surface area contributed by atoms with Crippen LogP contribution in [0.4, 0.5) is 0 Å². The molecule has 0 aromatic heterocycles. The summed E-state index contributed by atoms with van der Waals surface area (Å²) in [6, 6.07) is 0. The van der Waals surface area contributed by atoms with E-state index in [2.05, 4.69) is 5.32 Å². The Balaban J connectivity index is 0.000000720. The smallest absolute Gasteiger partial charge is 0.150 e. The van der Waals surface area contributed by atoms with Crippen molar-refractivity contribution >= 4 is 9.84 Å². The minimum Gasteiger partial charge on any atom is -0.344 e. The molecular formula is C7H16N2O2S. The van der Waals surface area contributed by atoms with Crippen LogP contribution >= 0.6 is 0 Å². The molecule has 0 aliphatic carbocycles. The first kappa shape index (κ1) is 9.95. The van der Waals surface area contributed by atoms with Crippen molar-refractivity contribution in [2.24, 2.45) is 5.41 Å². The van der Waals surface area contributed by atoms with Gasteiger partial charge in [-0.05, 0) is 18.3 Å². The molecule has 2 saturated heterocycles. The van der Waals surface area contributed by atoms with Gasteiger partial charge >= 0.3 is 0 Å². The zero-order valence-corrected chi connectivity index (χ0v) is 7.99. The van der Waals surface area contributed by atoms with E-state index < -0.39 is 9.84 Å². The molecule has 0 radical (unpaired) electrons.